The van der Waals surface area contributed by atoms with Crippen molar-refractivity contribution < 1.29 is 65.0 Å². The SMILES string of the molecule is COC1(C=O)O[C@H](CO)[C@@H](O)[C@H](O)[C@@H]1O.O=CC(O)C(O)C(O)C(O)CO. The Balaban J connectivity index is 0.000000516. The molecule has 9 atom stereocenters. The number of hydrogen-bond donors (Lipinski definition) is 9. The van der Waals surface area contributed by atoms with Crippen LogP contribution < -0.4 is 0 Å². The Kier molecular flexibility index (Phi) is 11.2. The molecule has 1 fully saturated rings. The van der Waals surface area contributed by atoms with E-state index in [0.717, 1.165) is 7.11 Å². The van der Waals surface area contributed by atoms with Crippen LogP contribution in [0.5, 0.6) is 0 Å². The lowest BCUT2D eigenvalue weighted by Gasteiger charge is -2.44. The van der Waals surface area contributed by atoms with E-state index in [-0.39, 0.29) is 12.6 Å². The van der Waals surface area contributed by atoms with Crippen LogP contribution in [0.1, 0.15) is 0 Å². The number of aldehydes is 2. The summed E-state index contributed by atoms with van der Waals surface area (Å²) in [6.45, 7) is -1.37. The minimum absolute atomic E-state index is 0.0258. The van der Waals surface area contributed by atoms with E-state index in [0.29, 0.717) is 0 Å². The molecule has 13 heteroatoms. The zero-order valence-corrected chi connectivity index (χ0v) is 14.3. The van der Waals surface area contributed by atoms with Crippen LogP contribution in [0, 0.1) is 0 Å². The van der Waals surface area contributed by atoms with Crippen LogP contribution in [-0.4, -0.2) is 133 Å². The highest BCUT2D eigenvalue weighted by Gasteiger charge is 2.54. The molecule has 0 aromatic heterocycles. The average molecular weight is 402 g/mol. The molecule has 1 rings (SSSR count). The number of aliphatic hydroxyl groups is 9. The monoisotopic (exact) mass is 402 g/mol. The van der Waals surface area contributed by atoms with Gasteiger partial charge in [-0.2, -0.15) is 0 Å². The summed E-state index contributed by atoms with van der Waals surface area (Å²) in [6.07, 6.45) is -12.7. The highest BCUT2D eigenvalue weighted by molar-refractivity contribution is 5.62. The van der Waals surface area contributed by atoms with E-state index >= 15 is 0 Å². The van der Waals surface area contributed by atoms with Gasteiger partial charge in [0.25, 0.3) is 5.79 Å². The molecule has 0 aliphatic carbocycles. The number of ether oxygens (including phenoxy) is 2. The molecule has 0 amide bonds. The fourth-order valence-electron chi connectivity index (χ4n) is 2.10. The smallest absolute Gasteiger partial charge is 0.255 e. The van der Waals surface area contributed by atoms with Crippen LogP contribution >= 0.6 is 0 Å². The molecule has 0 spiro atoms. The molecule has 1 aliphatic rings. The van der Waals surface area contributed by atoms with Gasteiger partial charge in [0.05, 0.1) is 13.2 Å². The third-order valence-electron chi connectivity index (χ3n) is 3.89. The van der Waals surface area contributed by atoms with Crippen LogP contribution in [0.2, 0.25) is 0 Å². The van der Waals surface area contributed by atoms with Crippen molar-refractivity contribution in [1.82, 2.24) is 0 Å². The highest BCUT2D eigenvalue weighted by atomic mass is 16.7. The molecular formula is C14H26O13. The predicted molar refractivity (Wildman–Crippen MR) is 83.0 cm³/mol. The summed E-state index contributed by atoms with van der Waals surface area (Å²) < 4.78 is 9.58. The zero-order valence-electron chi connectivity index (χ0n) is 14.3. The van der Waals surface area contributed by atoms with Gasteiger partial charge in [0.2, 0.25) is 0 Å². The molecule has 0 radical (unpaired) electrons. The number of aliphatic hydroxyl groups excluding tert-OH is 9. The van der Waals surface area contributed by atoms with Crippen molar-refractivity contribution in [1.29, 1.82) is 0 Å². The molecule has 0 aromatic carbocycles. The van der Waals surface area contributed by atoms with Crippen molar-refractivity contribution in [2.45, 2.75) is 54.6 Å². The molecule has 13 nitrogen and oxygen atoms in total. The maximum Gasteiger partial charge on any atom is 0.255 e. The standard InChI is InChI=1S/C8H14O7.C6H12O6/c1-14-8(3-10)7(13)6(12)5(11)4(2-9)15-8;7-1-3(9)5(11)6(12)4(10)2-8/h3-7,9,11-13H,2H2,1H3;1,3-6,8-12H,2H2/t4-,5-,6+,7+,8?;/m1./s1. The van der Waals surface area contributed by atoms with E-state index in [1.807, 2.05) is 0 Å². The molecule has 0 bridgehead atoms. The molecule has 0 saturated carbocycles. The highest BCUT2D eigenvalue weighted by Crippen LogP contribution is 2.29. The Morgan fingerprint density at radius 1 is 1.04 bits per heavy atom. The van der Waals surface area contributed by atoms with Gasteiger partial charge in [-0.25, -0.2) is 0 Å². The fourth-order valence-corrected chi connectivity index (χ4v) is 2.10. The van der Waals surface area contributed by atoms with Gasteiger partial charge in [-0.15, -0.1) is 0 Å². The van der Waals surface area contributed by atoms with Crippen molar-refractivity contribution in [3.63, 3.8) is 0 Å². The topological polar surface area (TPSA) is 235 Å². The summed E-state index contributed by atoms with van der Waals surface area (Å²) in [5.41, 5.74) is 0. The van der Waals surface area contributed by atoms with Crippen LogP contribution in [0.25, 0.3) is 0 Å². The average Bonchev–Trinajstić information content (AvgIpc) is 2.70. The first-order valence-corrected chi connectivity index (χ1v) is 7.69. The maximum atomic E-state index is 10.8. The van der Waals surface area contributed by atoms with E-state index in [9.17, 15) is 24.9 Å². The minimum atomic E-state index is -2.05. The van der Waals surface area contributed by atoms with Crippen molar-refractivity contribution in [2.75, 3.05) is 20.3 Å². The van der Waals surface area contributed by atoms with Crippen LogP contribution in [-0.2, 0) is 19.1 Å². The summed E-state index contributed by atoms with van der Waals surface area (Å²) in [6, 6.07) is 0. The van der Waals surface area contributed by atoms with Gasteiger partial charge in [-0.05, 0) is 0 Å². The van der Waals surface area contributed by atoms with Crippen molar-refractivity contribution in [3.05, 3.63) is 0 Å². The molecule has 1 saturated heterocycles. The lowest BCUT2D eigenvalue weighted by Crippen LogP contribution is -2.66. The Morgan fingerprint density at radius 2 is 1.59 bits per heavy atom. The summed E-state index contributed by atoms with van der Waals surface area (Å²) in [5, 5.41) is 80.7. The normalized spacial score (nSPS) is 35.2. The Morgan fingerprint density at radius 3 is 1.96 bits per heavy atom. The van der Waals surface area contributed by atoms with Crippen LogP contribution in [0.3, 0.4) is 0 Å². The molecular weight excluding hydrogens is 376 g/mol. The molecule has 0 aromatic rings. The summed E-state index contributed by atoms with van der Waals surface area (Å²) in [7, 11) is 1.11. The van der Waals surface area contributed by atoms with Gasteiger partial charge in [-0.1, -0.05) is 0 Å². The molecule has 1 heterocycles. The van der Waals surface area contributed by atoms with E-state index in [1.165, 1.54) is 0 Å². The van der Waals surface area contributed by atoms with Gasteiger partial charge in [0.1, 0.15) is 48.8 Å². The maximum absolute atomic E-state index is 10.8. The van der Waals surface area contributed by atoms with E-state index in [1.54, 1.807) is 0 Å². The van der Waals surface area contributed by atoms with Gasteiger partial charge >= 0.3 is 0 Å². The second-order valence-electron chi connectivity index (χ2n) is 5.67. The summed E-state index contributed by atoms with van der Waals surface area (Å²) in [4.78, 5) is 20.6. The number of carbonyl (C=O) groups excluding carboxylic acids is 2. The lowest BCUT2D eigenvalue weighted by atomic mass is 9.93. The third-order valence-corrected chi connectivity index (χ3v) is 3.89. The molecule has 27 heavy (non-hydrogen) atoms. The summed E-state index contributed by atoms with van der Waals surface area (Å²) in [5.74, 6) is -2.05. The summed E-state index contributed by atoms with van der Waals surface area (Å²) >= 11 is 0. The first kappa shape index (κ1) is 25.9. The fraction of sp³-hybridized carbons (Fsp3) is 0.857. The number of methoxy groups -OCH3 is 1. The largest absolute Gasteiger partial charge is 0.394 e. The van der Waals surface area contributed by atoms with E-state index in [2.05, 4.69) is 4.74 Å². The Hall–Kier alpha value is -1.10. The van der Waals surface area contributed by atoms with Gasteiger partial charge < -0.3 is 60.2 Å². The number of carbonyl (C=O) groups is 2. The van der Waals surface area contributed by atoms with Crippen molar-refractivity contribution >= 4 is 12.6 Å². The van der Waals surface area contributed by atoms with Gasteiger partial charge in [0, 0.05) is 7.11 Å². The van der Waals surface area contributed by atoms with Gasteiger partial charge in [-0.3, -0.25) is 4.79 Å². The van der Waals surface area contributed by atoms with Crippen LogP contribution in [0.4, 0.5) is 0 Å². The molecule has 160 valence electrons. The van der Waals surface area contributed by atoms with Gasteiger partial charge in [0.15, 0.2) is 12.6 Å². The third kappa shape index (κ3) is 6.20. The minimum Gasteiger partial charge on any atom is -0.394 e. The predicted octanol–water partition coefficient (Wildman–Crippen LogP) is -6.38. The molecule has 1 aliphatic heterocycles. The Bertz CT molecular complexity index is 447. The quantitative estimate of drug-likeness (QED) is 0.172. The zero-order chi connectivity index (χ0) is 21.4. The second kappa shape index (κ2) is 11.7. The number of hydrogen-bond acceptors (Lipinski definition) is 13. The first-order valence-electron chi connectivity index (χ1n) is 7.69. The molecule has 5 unspecified atom stereocenters. The van der Waals surface area contributed by atoms with Crippen molar-refractivity contribution in [2.24, 2.45) is 0 Å². The Labute approximate surface area is 153 Å². The number of rotatable bonds is 8. The van der Waals surface area contributed by atoms with Crippen molar-refractivity contribution in [3.8, 4) is 0 Å². The van der Waals surface area contributed by atoms with E-state index in [4.69, 9.17) is 35.4 Å². The second-order valence-corrected chi connectivity index (χ2v) is 5.67. The molecule has 9 N–H and O–H groups in total. The van der Waals surface area contributed by atoms with Crippen LogP contribution in [0.15, 0.2) is 0 Å². The van der Waals surface area contributed by atoms with E-state index < -0.39 is 67.8 Å². The first-order chi connectivity index (χ1) is 12.6. The lowest BCUT2D eigenvalue weighted by molar-refractivity contribution is -0.333.